The molecule has 0 saturated carbocycles. The van der Waals surface area contributed by atoms with Gasteiger partial charge in [-0.3, -0.25) is 0 Å². The highest BCUT2D eigenvalue weighted by molar-refractivity contribution is 6.03. The molecule has 2 rings (SSSR count). The van der Waals surface area contributed by atoms with Crippen LogP contribution in [-0.2, 0) is 0 Å². The maximum absolute atomic E-state index is 10.6. The Kier molecular flexibility index (Phi) is 1.48. The third-order valence-electron chi connectivity index (χ3n) is 1.95. The number of carboxylic acid groups (broad SMARTS) is 1. The van der Waals surface area contributed by atoms with Gasteiger partial charge in [-0.15, -0.1) is 0 Å². The number of aromatic nitrogens is 1. The molecule has 4 nitrogen and oxygen atoms in total. The Balaban J connectivity index is 2.81. The van der Waals surface area contributed by atoms with Crippen molar-refractivity contribution in [2.45, 2.75) is 0 Å². The minimum absolute atomic E-state index is 0.0544. The number of hydrogen-bond acceptors (Lipinski definition) is 3. The van der Waals surface area contributed by atoms with Crippen molar-refractivity contribution in [3.05, 3.63) is 30.0 Å². The summed E-state index contributed by atoms with van der Waals surface area (Å²) in [6.45, 7) is 0. The lowest BCUT2D eigenvalue weighted by molar-refractivity contribution is -0.255. The SMILES string of the molecule is Nc1c(C(=O)[O-])[nH]c2ccccc12. The molecular weight excluding hydrogens is 168 g/mol. The van der Waals surface area contributed by atoms with Crippen LogP contribution in [0.2, 0.25) is 0 Å². The number of nitrogen functional groups attached to an aromatic ring is 1. The lowest BCUT2D eigenvalue weighted by Crippen LogP contribution is -2.23. The Morgan fingerprint density at radius 3 is 2.69 bits per heavy atom. The summed E-state index contributed by atoms with van der Waals surface area (Å²) in [5, 5.41) is 11.3. The number of anilines is 1. The highest BCUT2D eigenvalue weighted by Gasteiger charge is 2.07. The van der Waals surface area contributed by atoms with E-state index in [1.807, 2.05) is 0 Å². The van der Waals surface area contributed by atoms with Crippen molar-refractivity contribution in [2.24, 2.45) is 0 Å². The molecule has 0 aliphatic heterocycles. The minimum Gasteiger partial charge on any atom is -0.543 e. The van der Waals surface area contributed by atoms with Gasteiger partial charge in [-0.05, 0) is 6.07 Å². The van der Waals surface area contributed by atoms with E-state index in [1.54, 1.807) is 24.3 Å². The zero-order valence-corrected chi connectivity index (χ0v) is 6.70. The van der Waals surface area contributed by atoms with Crippen LogP contribution in [0.5, 0.6) is 0 Å². The Bertz CT molecular complexity index is 473. The highest BCUT2D eigenvalue weighted by atomic mass is 16.4. The van der Waals surface area contributed by atoms with Crippen molar-refractivity contribution >= 4 is 22.6 Å². The summed E-state index contributed by atoms with van der Waals surface area (Å²) in [6.07, 6.45) is 0. The molecule has 0 radical (unpaired) electrons. The van der Waals surface area contributed by atoms with Gasteiger partial charge in [0.05, 0.1) is 17.4 Å². The van der Waals surface area contributed by atoms with E-state index >= 15 is 0 Å². The normalized spacial score (nSPS) is 10.5. The van der Waals surface area contributed by atoms with Crippen LogP contribution in [0.15, 0.2) is 24.3 Å². The Hall–Kier alpha value is -1.97. The molecule has 0 spiro atoms. The summed E-state index contributed by atoms with van der Waals surface area (Å²) >= 11 is 0. The van der Waals surface area contributed by atoms with Crippen molar-refractivity contribution in [3.8, 4) is 0 Å². The van der Waals surface area contributed by atoms with Crippen LogP contribution in [0, 0.1) is 0 Å². The summed E-state index contributed by atoms with van der Waals surface area (Å²) in [6, 6.07) is 7.12. The van der Waals surface area contributed by atoms with E-state index in [2.05, 4.69) is 4.98 Å². The molecule has 66 valence electrons. The first-order valence-corrected chi connectivity index (χ1v) is 3.77. The Labute approximate surface area is 74.0 Å². The third kappa shape index (κ3) is 1.03. The number of aromatic amines is 1. The van der Waals surface area contributed by atoms with E-state index in [0.29, 0.717) is 10.9 Å². The quantitative estimate of drug-likeness (QED) is 0.645. The summed E-state index contributed by atoms with van der Waals surface area (Å²) in [4.78, 5) is 13.2. The zero-order valence-electron chi connectivity index (χ0n) is 6.70. The third-order valence-corrected chi connectivity index (χ3v) is 1.95. The number of nitrogens with two attached hydrogens (primary N) is 1. The van der Waals surface area contributed by atoms with Gasteiger partial charge in [-0.25, -0.2) is 0 Å². The maximum Gasteiger partial charge on any atom is 0.0899 e. The van der Waals surface area contributed by atoms with Gasteiger partial charge < -0.3 is 20.6 Å². The van der Waals surface area contributed by atoms with E-state index in [1.165, 1.54) is 0 Å². The second kappa shape index (κ2) is 2.52. The number of aromatic carboxylic acids is 1. The number of carbonyl (C=O) groups is 1. The number of carbonyl (C=O) groups excluding carboxylic acids is 1. The Morgan fingerprint density at radius 1 is 1.38 bits per heavy atom. The van der Waals surface area contributed by atoms with Crippen LogP contribution in [0.25, 0.3) is 10.9 Å². The first-order chi connectivity index (χ1) is 6.20. The molecule has 0 unspecified atom stereocenters. The van der Waals surface area contributed by atoms with Gasteiger partial charge in [0.2, 0.25) is 0 Å². The molecule has 1 aromatic carbocycles. The predicted molar refractivity (Wildman–Crippen MR) is 47.0 cm³/mol. The van der Waals surface area contributed by atoms with Crippen molar-refractivity contribution < 1.29 is 9.90 Å². The molecule has 0 amide bonds. The first kappa shape index (κ1) is 7.67. The van der Waals surface area contributed by atoms with Gasteiger partial charge in [-0.2, -0.15) is 0 Å². The molecule has 0 aliphatic carbocycles. The van der Waals surface area contributed by atoms with Crippen LogP contribution >= 0.6 is 0 Å². The first-order valence-electron chi connectivity index (χ1n) is 3.77. The van der Waals surface area contributed by atoms with Gasteiger partial charge in [0.1, 0.15) is 0 Å². The van der Waals surface area contributed by atoms with Gasteiger partial charge in [0.15, 0.2) is 0 Å². The largest absolute Gasteiger partial charge is 0.543 e. The van der Waals surface area contributed by atoms with Crippen LogP contribution in [0.4, 0.5) is 5.69 Å². The summed E-state index contributed by atoms with van der Waals surface area (Å²) < 4.78 is 0. The average molecular weight is 175 g/mol. The van der Waals surface area contributed by atoms with Gasteiger partial charge in [-0.1, -0.05) is 18.2 Å². The van der Waals surface area contributed by atoms with Gasteiger partial charge in [0, 0.05) is 10.9 Å². The van der Waals surface area contributed by atoms with E-state index < -0.39 is 5.97 Å². The molecule has 1 heterocycles. The zero-order chi connectivity index (χ0) is 9.42. The van der Waals surface area contributed by atoms with Gasteiger partial charge >= 0.3 is 0 Å². The molecule has 4 heteroatoms. The van der Waals surface area contributed by atoms with E-state index in [9.17, 15) is 9.90 Å². The smallest absolute Gasteiger partial charge is 0.0899 e. The number of benzene rings is 1. The van der Waals surface area contributed by atoms with Crippen molar-refractivity contribution in [2.75, 3.05) is 5.73 Å². The van der Waals surface area contributed by atoms with E-state index in [4.69, 9.17) is 5.73 Å². The fraction of sp³-hybridized carbons (Fsp3) is 0. The molecule has 0 bridgehead atoms. The van der Waals surface area contributed by atoms with E-state index in [-0.39, 0.29) is 11.4 Å². The topological polar surface area (TPSA) is 81.9 Å². The molecule has 2 aromatic rings. The monoisotopic (exact) mass is 175 g/mol. The second-order valence-corrected chi connectivity index (χ2v) is 2.75. The molecular formula is C9H7N2O2-. The Morgan fingerprint density at radius 2 is 2.08 bits per heavy atom. The van der Waals surface area contributed by atoms with Crippen LogP contribution < -0.4 is 10.8 Å². The fourth-order valence-electron chi connectivity index (χ4n) is 1.32. The molecule has 0 atom stereocenters. The molecule has 13 heavy (non-hydrogen) atoms. The van der Waals surface area contributed by atoms with Crippen molar-refractivity contribution in [3.63, 3.8) is 0 Å². The molecule has 0 saturated heterocycles. The molecule has 3 N–H and O–H groups in total. The number of rotatable bonds is 1. The van der Waals surface area contributed by atoms with Gasteiger partial charge in [0.25, 0.3) is 0 Å². The lowest BCUT2D eigenvalue weighted by atomic mass is 10.2. The van der Waals surface area contributed by atoms with E-state index in [0.717, 1.165) is 0 Å². The molecule has 1 aromatic heterocycles. The van der Waals surface area contributed by atoms with Crippen LogP contribution in [-0.4, -0.2) is 11.0 Å². The number of hydrogen-bond donors (Lipinski definition) is 2. The number of para-hydroxylation sites is 1. The fourth-order valence-corrected chi connectivity index (χ4v) is 1.32. The second-order valence-electron chi connectivity index (χ2n) is 2.75. The maximum atomic E-state index is 10.6. The van der Waals surface area contributed by atoms with Crippen molar-refractivity contribution in [1.29, 1.82) is 0 Å². The number of H-pyrrole nitrogens is 1. The van der Waals surface area contributed by atoms with Crippen LogP contribution in [0.3, 0.4) is 0 Å². The number of nitrogens with one attached hydrogen (secondary N) is 1. The molecule has 0 aliphatic rings. The number of carboxylic acids is 1. The summed E-state index contributed by atoms with van der Waals surface area (Å²) in [7, 11) is 0. The summed E-state index contributed by atoms with van der Waals surface area (Å²) in [5.74, 6) is -1.28. The number of fused-ring (bicyclic) bond motifs is 1. The lowest BCUT2D eigenvalue weighted by Gasteiger charge is -1.98. The van der Waals surface area contributed by atoms with Crippen molar-refractivity contribution in [1.82, 2.24) is 4.98 Å². The summed E-state index contributed by atoms with van der Waals surface area (Å²) in [5.41, 5.74) is 6.47. The standard InChI is InChI=1S/C9H8N2O2/c10-7-5-3-1-2-4-6(5)11-8(7)9(12)13/h1-4,11H,10H2,(H,12,13)/p-1. The predicted octanol–water partition coefficient (Wildman–Crippen LogP) is 0.114. The average Bonchev–Trinajstić information content (AvgIpc) is 2.45. The molecule has 0 fully saturated rings. The minimum atomic E-state index is -1.28. The highest BCUT2D eigenvalue weighted by Crippen LogP contribution is 2.23. The van der Waals surface area contributed by atoms with Crippen LogP contribution in [0.1, 0.15) is 10.5 Å².